The summed E-state index contributed by atoms with van der Waals surface area (Å²) in [6, 6.07) is 16.4. The number of carboxylic acids is 1. The largest absolute Gasteiger partial charge is 0.472 e. The number of amides is 2. The van der Waals surface area contributed by atoms with Gasteiger partial charge in [-0.05, 0) is 40.5 Å². The second-order valence-corrected chi connectivity index (χ2v) is 9.30. The predicted molar refractivity (Wildman–Crippen MR) is 132 cm³/mol. The molecule has 4 rings (SSSR count). The van der Waals surface area contributed by atoms with E-state index in [4.69, 9.17) is 9.84 Å². The Balaban J connectivity index is 1.33. The first kappa shape index (κ1) is 24.3. The van der Waals surface area contributed by atoms with Gasteiger partial charge >= 0.3 is 12.1 Å². The van der Waals surface area contributed by atoms with Crippen LogP contribution in [0.2, 0.25) is 0 Å². The van der Waals surface area contributed by atoms with Crippen molar-refractivity contribution < 1.29 is 24.2 Å². The molecule has 182 valence electrons. The minimum atomic E-state index is -1.23. The van der Waals surface area contributed by atoms with E-state index >= 15 is 0 Å². The molecule has 7 nitrogen and oxygen atoms in total. The van der Waals surface area contributed by atoms with Gasteiger partial charge in [0.2, 0.25) is 5.91 Å². The normalized spacial score (nSPS) is 15.7. The van der Waals surface area contributed by atoms with Crippen LogP contribution in [0.1, 0.15) is 55.6 Å². The number of nitrogens with one attached hydrogen (secondary N) is 2. The van der Waals surface area contributed by atoms with Gasteiger partial charge in [-0.1, -0.05) is 73.7 Å². The molecule has 2 aliphatic carbocycles. The summed E-state index contributed by atoms with van der Waals surface area (Å²) >= 11 is 0. The van der Waals surface area contributed by atoms with Gasteiger partial charge in [-0.2, -0.15) is 0 Å². The number of rotatable bonds is 7. The third kappa shape index (κ3) is 6.02. The fraction of sp³-hybridized carbons (Fsp3) is 0.393. The summed E-state index contributed by atoms with van der Waals surface area (Å²) in [6.07, 6.45) is 4.56. The molecule has 7 heteroatoms. The molecule has 0 aromatic heterocycles. The molecule has 0 heterocycles. The van der Waals surface area contributed by atoms with Gasteiger partial charge in [0.15, 0.2) is 0 Å². The number of alkyl carbamates (subject to hydrolysis) is 1. The third-order valence-corrected chi connectivity index (χ3v) is 6.97. The van der Waals surface area contributed by atoms with Crippen LogP contribution in [0, 0.1) is 17.3 Å². The fourth-order valence-corrected chi connectivity index (χ4v) is 5.29. The molecule has 0 radical (unpaired) electrons. The van der Waals surface area contributed by atoms with Crippen LogP contribution in [0.5, 0.6) is 0 Å². The highest BCUT2D eigenvalue weighted by Crippen LogP contribution is 2.44. The molecule has 2 aromatic carbocycles. The van der Waals surface area contributed by atoms with Crippen LogP contribution >= 0.6 is 0 Å². The van der Waals surface area contributed by atoms with Gasteiger partial charge in [-0.3, -0.25) is 4.79 Å². The maximum absolute atomic E-state index is 12.7. The van der Waals surface area contributed by atoms with Gasteiger partial charge in [0.1, 0.15) is 6.61 Å². The summed E-state index contributed by atoms with van der Waals surface area (Å²) in [5, 5.41) is 14.1. The zero-order chi connectivity index (χ0) is 24.7. The Morgan fingerprint density at radius 3 is 2.20 bits per heavy atom. The molecule has 1 fully saturated rings. The number of hydrogen-bond donors (Lipinski definition) is 3. The summed E-state index contributed by atoms with van der Waals surface area (Å²) < 4.78 is 5.66. The molecule has 0 bridgehead atoms. The molecule has 2 aromatic rings. The Morgan fingerprint density at radius 2 is 1.57 bits per heavy atom. The minimum absolute atomic E-state index is 0.00511. The van der Waals surface area contributed by atoms with E-state index in [-0.39, 0.29) is 36.8 Å². The first-order chi connectivity index (χ1) is 17.0. The number of aliphatic carboxylic acids is 1. The van der Waals surface area contributed by atoms with Gasteiger partial charge < -0.3 is 20.5 Å². The van der Waals surface area contributed by atoms with Gasteiger partial charge in [0, 0.05) is 24.8 Å². The van der Waals surface area contributed by atoms with Gasteiger partial charge in [0.25, 0.3) is 0 Å². The molecule has 0 spiro atoms. The van der Waals surface area contributed by atoms with E-state index in [1.54, 1.807) is 0 Å². The number of benzene rings is 2. The maximum atomic E-state index is 12.7. The lowest BCUT2D eigenvalue weighted by Gasteiger charge is -2.36. The van der Waals surface area contributed by atoms with Crippen molar-refractivity contribution >= 4 is 18.0 Å². The second-order valence-electron chi connectivity index (χ2n) is 9.30. The Labute approximate surface area is 205 Å². The molecule has 2 amide bonds. The van der Waals surface area contributed by atoms with E-state index in [1.165, 1.54) is 11.1 Å². The van der Waals surface area contributed by atoms with Crippen LogP contribution in [0.25, 0.3) is 11.1 Å². The minimum Gasteiger partial charge on any atom is -0.472 e. The van der Waals surface area contributed by atoms with Crippen LogP contribution in [-0.4, -0.2) is 42.8 Å². The second kappa shape index (κ2) is 11.1. The lowest BCUT2D eigenvalue weighted by Crippen LogP contribution is -2.42. The smallest absolute Gasteiger partial charge is 0.407 e. The molecule has 1 saturated carbocycles. The third-order valence-electron chi connectivity index (χ3n) is 6.97. The lowest BCUT2D eigenvalue weighted by atomic mass is 9.71. The van der Waals surface area contributed by atoms with Crippen molar-refractivity contribution in [1.82, 2.24) is 10.6 Å². The predicted octanol–water partition coefficient (Wildman–Crippen LogP) is 4.07. The lowest BCUT2D eigenvalue weighted by molar-refractivity contribution is -0.130. The van der Waals surface area contributed by atoms with Crippen LogP contribution in [0.4, 0.5) is 4.79 Å². The molecule has 0 atom stereocenters. The fourth-order valence-electron chi connectivity index (χ4n) is 5.29. The highest BCUT2D eigenvalue weighted by Gasteiger charge is 2.35. The SMILES string of the molecule is O=C(O)C#CCNC(=O)CC1(CNC(=O)OCC2c3ccccc3-c3ccccc32)CCCCC1. The Kier molecular flexibility index (Phi) is 7.71. The summed E-state index contributed by atoms with van der Waals surface area (Å²) in [4.78, 5) is 35.6. The average molecular weight is 475 g/mol. The van der Waals surface area contributed by atoms with E-state index in [0.29, 0.717) is 6.54 Å². The van der Waals surface area contributed by atoms with Crippen molar-refractivity contribution in [1.29, 1.82) is 0 Å². The molecular weight excluding hydrogens is 444 g/mol. The van der Waals surface area contributed by atoms with Crippen molar-refractivity contribution in [2.45, 2.75) is 44.4 Å². The monoisotopic (exact) mass is 474 g/mol. The van der Waals surface area contributed by atoms with Gasteiger partial charge in [-0.15, -0.1) is 0 Å². The molecule has 0 saturated heterocycles. The first-order valence-electron chi connectivity index (χ1n) is 12.0. The molecule has 2 aliphatic rings. The van der Waals surface area contributed by atoms with Crippen LogP contribution < -0.4 is 10.6 Å². The molecule has 3 N–H and O–H groups in total. The van der Waals surface area contributed by atoms with E-state index in [1.807, 2.05) is 30.2 Å². The van der Waals surface area contributed by atoms with Crippen LogP contribution in [0.15, 0.2) is 48.5 Å². The zero-order valence-corrected chi connectivity index (χ0v) is 19.6. The van der Waals surface area contributed by atoms with Crippen molar-refractivity contribution in [3.63, 3.8) is 0 Å². The number of carbonyl (C=O) groups is 3. The van der Waals surface area contributed by atoms with Gasteiger partial charge in [-0.25, -0.2) is 9.59 Å². The molecule has 35 heavy (non-hydrogen) atoms. The number of fused-ring (bicyclic) bond motifs is 3. The highest BCUT2D eigenvalue weighted by atomic mass is 16.5. The summed E-state index contributed by atoms with van der Waals surface area (Å²) in [5.41, 5.74) is 4.34. The van der Waals surface area contributed by atoms with Crippen molar-refractivity contribution in [2.75, 3.05) is 19.7 Å². The van der Waals surface area contributed by atoms with E-state index in [2.05, 4.69) is 40.8 Å². The zero-order valence-electron chi connectivity index (χ0n) is 19.6. The van der Waals surface area contributed by atoms with E-state index in [9.17, 15) is 14.4 Å². The molecule has 0 aliphatic heterocycles. The number of ether oxygens (including phenoxy) is 1. The summed E-state index contributed by atoms with van der Waals surface area (Å²) in [5.74, 6) is 2.96. The summed E-state index contributed by atoms with van der Waals surface area (Å²) in [6.45, 7) is 0.592. The standard InChI is InChI=1S/C28H30N2O5/c31-25(29-16-8-13-26(32)33)17-28(14-6-1-7-15-28)19-30-27(34)35-18-24-22-11-4-2-9-20(22)21-10-3-5-12-23(21)24/h2-5,9-12,24H,1,6-7,14-19H2,(H,29,31)(H,30,34)(H,32,33). The topological polar surface area (TPSA) is 105 Å². The highest BCUT2D eigenvalue weighted by molar-refractivity contribution is 5.86. The molecular formula is C28H30N2O5. The number of carbonyl (C=O) groups excluding carboxylic acids is 2. The number of hydrogen-bond acceptors (Lipinski definition) is 4. The van der Waals surface area contributed by atoms with Crippen molar-refractivity contribution in [3.8, 4) is 23.0 Å². The number of carboxylic acid groups (broad SMARTS) is 1. The van der Waals surface area contributed by atoms with Crippen molar-refractivity contribution in [2.24, 2.45) is 5.41 Å². The quantitative estimate of drug-likeness (QED) is 0.525. The van der Waals surface area contributed by atoms with Gasteiger partial charge in [0.05, 0.1) is 6.54 Å². The average Bonchev–Trinajstić information content (AvgIpc) is 3.18. The van der Waals surface area contributed by atoms with E-state index in [0.717, 1.165) is 43.2 Å². The maximum Gasteiger partial charge on any atom is 0.407 e. The summed E-state index contributed by atoms with van der Waals surface area (Å²) in [7, 11) is 0. The molecule has 0 unspecified atom stereocenters. The van der Waals surface area contributed by atoms with Crippen LogP contribution in [-0.2, 0) is 14.3 Å². The van der Waals surface area contributed by atoms with Crippen LogP contribution in [0.3, 0.4) is 0 Å². The Hall–Kier alpha value is -3.79. The Bertz CT molecular complexity index is 1110. The van der Waals surface area contributed by atoms with E-state index < -0.39 is 12.1 Å². The van der Waals surface area contributed by atoms with Crippen molar-refractivity contribution in [3.05, 3.63) is 59.7 Å². The Morgan fingerprint density at radius 1 is 0.943 bits per heavy atom. The first-order valence-corrected chi connectivity index (χ1v) is 12.0.